The molecule has 0 unspecified atom stereocenters. The molecule has 2 saturated heterocycles. The Hall–Kier alpha value is -13.9. The number of likely N-dealkylation sites (N-methyl/N-ethyl adjacent to an activating group) is 2. The zero-order valence-corrected chi connectivity index (χ0v) is 77.9. The van der Waals surface area contributed by atoms with Crippen LogP contribution in [0.3, 0.4) is 0 Å². The number of thiophene rings is 2. The van der Waals surface area contributed by atoms with Gasteiger partial charge in [-0.1, -0.05) is 120 Å². The Bertz CT molecular complexity index is 6230. The van der Waals surface area contributed by atoms with Crippen LogP contribution in [0.4, 0.5) is 35.1 Å². The third kappa shape index (κ3) is 26.1. The first-order chi connectivity index (χ1) is 66.2. The fourth-order valence-electron chi connectivity index (χ4n) is 14.7. The molecule has 2 aliphatic rings. The SMILES string of the molecule is COc1ccccc1-c1nccc(COc2ccccc2C[C@@H](Oc2ncnc3sc(-c4ccc(F)cc4)c(-c4ccc(OCCN5CCN(C)CC5)c(Cl)c4C)c23)C(=O)O)n1.COc1ccccc1-c1nccc(COc2ccccc2C[C@@H](Oc2ncnc3sc(-c4ccc(F)cc4)c(-c4ccc(OCCN5CCN(C)CC5)c(Cl)c4C)c23)C(=O)O)n1.O=C(O)C(F)(F)F.O=C(O)C(F)(F)F. The van der Waals surface area contributed by atoms with E-state index in [2.05, 4.69) is 63.6 Å². The number of aliphatic carboxylic acids is 4. The number of ether oxygens (including phenoxy) is 8. The molecule has 14 aromatic rings. The number of hydrogen-bond donors (Lipinski definition) is 4. The summed E-state index contributed by atoms with van der Waals surface area (Å²) in [6.45, 7) is 14.5. The third-order valence-electron chi connectivity index (χ3n) is 22.1. The van der Waals surface area contributed by atoms with Crippen molar-refractivity contribution < 1.29 is 113 Å². The van der Waals surface area contributed by atoms with Gasteiger partial charge in [0.1, 0.15) is 94.9 Å². The van der Waals surface area contributed by atoms with Gasteiger partial charge in [0.15, 0.2) is 11.6 Å². The summed E-state index contributed by atoms with van der Waals surface area (Å²) in [4.78, 5) is 92.3. The first-order valence-corrected chi connectivity index (χ1v) is 45.0. The molecule has 2 aliphatic heterocycles. The molecule has 40 heteroatoms. The number of carboxylic acids is 4. The molecule has 28 nitrogen and oxygen atoms in total. The lowest BCUT2D eigenvalue weighted by atomic mass is 9.96. The van der Waals surface area contributed by atoms with Gasteiger partial charge < -0.3 is 68.1 Å². The monoisotopic (exact) mass is 1980 g/mol. The molecule has 0 aliphatic carbocycles. The lowest BCUT2D eigenvalue weighted by Gasteiger charge is -2.32. The van der Waals surface area contributed by atoms with Gasteiger partial charge >= 0.3 is 36.2 Å². The molecule has 0 bridgehead atoms. The first kappa shape index (κ1) is 102. The van der Waals surface area contributed by atoms with Crippen LogP contribution in [0.5, 0.6) is 46.3 Å². The molecule has 16 rings (SSSR count). The van der Waals surface area contributed by atoms with Crippen molar-refractivity contribution in [1.29, 1.82) is 0 Å². The van der Waals surface area contributed by atoms with Crippen molar-refractivity contribution >= 4 is 90.2 Å². The number of para-hydroxylation sites is 4. The van der Waals surface area contributed by atoms with Gasteiger partial charge in [-0.25, -0.2) is 67.8 Å². The number of rotatable bonds is 32. The normalized spacial score (nSPS) is 13.6. The van der Waals surface area contributed by atoms with Crippen molar-refractivity contribution in [2.24, 2.45) is 0 Å². The van der Waals surface area contributed by atoms with E-state index in [4.69, 9.17) is 90.9 Å². The number of carboxylic acid groups (broad SMARTS) is 4. The maximum Gasteiger partial charge on any atom is 0.490 e. The number of fused-ring (bicyclic) bond motifs is 2. The highest BCUT2D eigenvalue weighted by molar-refractivity contribution is 7.23. The molecule has 8 heterocycles. The number of aromatic nitrogens is 8. The third-order valence-corrected chi connectivity index (χ3v) is 25.3. The number of alkyl halides is 6. The van der Waals surface area contributed by atoms with E-state index in [9.17, 15) is 54.9 Å². The van der Waals surface area contributed by atoms with E-state index in [1.54, 1.807) is 87.3 Å². The summed E-state index contributed by atoms with van der Waals surface area (Å²) in [5.41, 5.74) is 9.73. The van der Waals surface area contributed by atoms with E-state index in [0.29, 0.717) is 123 Å². The Labute approximate surface area is 803 Å². The van der Waals surface area contributed by atoms with Crippen LogP contribution in [0, 0.1) is 25.5 Å². The van der Waals surface area contributed by atoms with E-state index in [1.807, 2.05) is 111 Å². The van der Waals surface area contributed by atoms with E-state index in [-0.39, 0.29) is 49.4 Å². The predicted octanol–water partition coefficient (Wildman–Crippen LogP) is 19.0. The number of piperazine rings is 2. The number of nitrogens with zero attached hydrogens (tertiary/aromatic N) is 12. The minimum absolute atomic E-state index is 0.0530. The van der Waals surface area contributed by atoms with Gasteiger partial charge in [-0.2, -0.15) is 26.3 Å². The highest BCUT2D eigenvalue weighted by Gasteiger charge is 2.40. The van der Waals surface area contributed by atoms with Crippen molar-refractivity contribution in [3.63, 3.8) is 0 Å². The van der Waals surface area contributed by atoms with Crippen LogP contribution in [0.1, 0.15) is 33.6 Å². The van der Waals surface area contributed by atoms with Crippen molar-refractivity contribution in [3.8, 4) is 112 Å². The topological polar surface area (TPSA) is 339 Å². The predicted molar refractivity (Wildman–Crippen MR) is 503 cm³/mol. The van der Waals surface area contributed by atoms with E-state index in [1.165, 1.54) is 59.6 Å². The molecule has 8 aromatic carbocycles. The second kappa shape index (κ2) is 46.8. The molecule has 2 fully saturated rings. The maximum atomic E-state index is 14.2. The van der Waals surface area contributed by atoms with Crippen molar-refractivity contribution in [3.05, 3.63) is 262 Å². The molecule has 0 spiro atoms. The van der Waals surface area contributed by atoms with Crippen molar-refractivity contribution in [2.45, 2.75) is 64.5 Å². The second-order valence-electron chi connectivity index (χ2n) is 31.3. The fourth-order valence-corrected chi connectivity index (χ4v) is 17.5. The summed E-state index contributed by atoms with van der Waals surface area (Å²) in [5.74, 6) is -4.18. The lowest BCUT2D eigenvalue weighted by Crippen LogP contribution is -2.45. The minimum atomic E-state index is -5.08. The van der Waals surface area contributed by atoms with Crippen LogP contribution in [-0.4, -0.2) is 235 Å². The number of benzene rings is 8. The van der Waals surface area contributed by atoms with Crippen molar-refractivity contribution in [1.82, 2.24) is 59.5 Å². The highest BCUT2D eigenvalue weighted by atomic mass is 35.5. The van der Waals surface area contributed by atoms with Gasteiger partial charge in [0.2, 0.25) is 24.0 Å². The molecule has 138 heavy (non-hydrogen) atoms. The number of halogens is 10. The quantitative estimate of drug-likeness (QED) is 0.0285. The van der Waals surface area contributed by atoms with Gasteiger partial charge in [-0.05, 0) is 157 Å². The summed E-state index contributed by atoms with van der Waals surface area (Å²) >= 11 is 16.8. The van der Waals surface area contributed by atoms with Crippen LogP contribution in [0.2, 0.25) is 10.0 Å². The average Bonchev–Trinajstić information content (AvgIpc) is 1.59. The Morgan fingerprint density at radius 2 is 0.775 bits per heavy atom. The van der Waals surface area contributed by atoms with Crippen LogP contribution < -0.4 is 37.9 Å². The molecule has 6 aromatic heterocycles. The minimum Gasteiger partial charge on any atom is -0.496 e. The highest BCUT2D eigenvalue weighted by Crippen LogP contribution is 2.52. The van der Waals surface area contributed by atoms with Gasteiger partial charge in [-0.3, -0.25) is 9.80 Å². The summed E-state index contributed by atoms with van der Waals surface area (Å²) in [7, 11) is 7.44. The number of carbonyl (C=O) groups is 4. The van der Waals surface area contributed by atoms with E-state index in [0.717, 1.165) is 120 Å². The zero-order chi connectivity index (χ0) is 98.5. The average molecular weight is 1980 g/mol. The summed E-state index contributed by atoms with van der Waals surface area (Å²) in [6, 6.07) is 52.8. The summed E-state index contributed by atoms with van der Waals surface area (Å²) in [6.07, 6.45) is -7.02. The zero-order valence-electron chi connectivity index (χ0n) is 74.7. The van der Waals surface area contributed by atoms with Crippen LogP contribution >= 0.6 is 45.9 Å². The summed E-state index contributed by atoms with van der Waals surface area (Å²) in [5, 5.41) is 37.4. The molecule has 0 amide bonds. The Kier molecular flexibility index (Phi) is 34.4. The molecular weight excluding hydrogens is 1890 g/mol. The number of methoxy groups -OCH3 is 2. The van der Waals surface area contributed by atoms with Gasteiger partial charge in [-0.15, -0.1) is 22.7 Å². The molecule has 0 saturated carbocycles. The van der Waals surface area contributed by atoms with Gasteiger partial charge in [0.05, 0.1) is 57.6 Å². The Morgan fingerprint density at radius 1 is 0.428 bits per heavy atom. The fraction of sp³-hybridized carbons (Fsp3) is 0.265. The molecule has 4 N–H and O–H groups in total. The Balaban J connectivity index is 0.000000204. The molecular formula is C98H90Cl2F8N12O16S2. The smallest absolute Gasteiger partial charge is 0.490 e. The Morgan fingerprint density at radius 3 is 1.12 bits per heavy atom. The van der Waals surface area contributed by atoms with Crippen molar-refractivity contribution in [2.75, 3.05) is 107 Å². The van der Waals surface area contributed by atoms with Crippen LogP contribution in [0.15, 0.2) is 207 Å². The maximum absolute atomic E-state index is 14.2. The standard InChI is InChI=1S/2C47H44ClFN6O6S.2C2HF3O2/c2*1-29-34(16-17-38(42(29)48)59-25-24-55-22-20-54(2)21-23-55)40-41-45(51-28-52-46(41)62-43(40)30-12-14-32(49)15-13-30)61-39(47(56)57)26-31-8-4-6-10-36(31)60-27-33-18-19-50-44(53-33)35-9-5-7-11-37(35)58-3;2*3-2(4,5)1(6)7/h2*4-19,28,39H,20-27H2,1-3H3,(H,56,57);2*(H,6,7)/t2*39-;;/m11../s1. The molecule has 2 atom stereocenters. The second-order valence-corrected chi connectivity index (χ2v) is 34.0. The lowest BCUT2D eigenvalue weighted by molar-refractivity contribution is -0.193. The summed E-state index contributed by atoms with van der Waals surface area (Å²) < 4.78 is 141. The van der Waals surface area contributed by atoms with Gasteiger partial charge in [0.25, 0.3) is 0 Å². The van der Waals surface area contributed by atoms with E-state index >= 15 is 0 Å². The van der Waals surface area contributed by atoms with Crippen LogP contribution in [0.25, 0.3) is 86.3 Å². The molecule has 720 valence electrons. The first-order valence-electron chi connectivity index (χ1n) is 42.7. The molecule has 0 radical (unpaired) electrons. The largest absolute Gasteiger partial charge is 0.496 e. The van der Waals surface area contributed by atoms with E-state index < -0.39 is 48.4 Å². The van der Waals surface area contributed by atoms with Crippen LogP contribution in [-0.2, 0) is 45.2 Å². The van der Waals surface area contributed by atoms with Gasteiger partial charge in [0, 0.05) is 112 Å². The number of hydrogen-bond acceptors (Lipinski definition) is 26.